The molecule has 4 aromatic rings. The molecule has 0 radical (unpaired) electrons. The molecule has 0 amide bonds. The van der Waals surface area contributed by atoms with Crippen LogP contribution in [0.2, 0.25) is 5.28 Å². The summed E-state index contributed by atoms with van der Waals surface area (Å²) in [5.74, 6) is 0.673. The van der Waals surface area contributed by atoms with Crippen molar-refractivity contribution in [3.63, 3.8) is 0 Å². The molecule has 3 heterocycles. The Morgan fingerprint density at radius 1 is 1.26 bits per heavy atom. The van der Waals surface area contributed by atoms with Crippen LogP contribution in [0.15, 0.2) is 47.7 Å². The zero-order valence-electron chi connectivity index (χ0n) is 17.6. The van der Waals surface area contributed by atoms with Crippen LogP contribution >= 0.6 is 11.6 Å². The molecule has 0 aliphatic heterocycles. The first-order valence-corrected chi connectivity index (χ1v) is 10.7. The average molecular weight is 435 g/mol. The third-order valence-electron chi connectivity index (χ3n) is 5.78. The summed E-state index contributed by atoms with van der Waals surface area (Å²) in [5, 5.41) is 9.56. The van der Waals surface area contributed by atoms with Crippen molar-refractivity contribution in [2.45, 2.75) is 38.8 Å². The van der Waals surface area contributed by atoms with E-state index in [0.717, 1.165) is 46.0 Å². The van der Waals surface area contributed by atoms with Gasteiger partial charge in [-0.15, -0.1) is 0 Å². The zero-order valence-corrected chi connectivity index (χ0v) is 18.4. The number of hydrogen-bond acceptors (Lipinski definition) is 5. The lowest BCUT2D eigenvalue weighted by atomic mass is 10.00. The van der Waals surface area contributed by atoms with Crippen molar-refractivity contribution in [2.75, 3.05) is 5.32 Å². The number of hydrogen-bond donors (Lipinski definition) is 1. The minimum atomic E-state index is -0.135. The number of rotatable bonds is 5. The molecule has 5 rings (SSSR count). The lowest BCUT2D eigenvalue weighted by Crippen LogP contribution is -2.26. The number of halogens is 1. The van der Waals surface area contributed by atoms with Gasteiger partial charge in [-0.25, -0.2) is 9.97 Å². The van der Waals surface area contributed by atoms with Gasteiger partial charge in [-0.3, -0.25) is 9.48 Å². The predicted molar refractivity (Wildman–Crippen MR) is 122 cm³/mol. The fraction of sp³-hybridized carbons (Fsp3) is 0.304. The number of anilines is 1. The third-order valence-corrected chi connectivity index (χ3v) is 5.96. The molecule has 31 heavy (non-hydrogen) atoms. The monoisotopic (exact) mass is 434 g/mol. The maximum atomic E-state index is 13.8. The molecular weight excluding hydrogens is 412 g/mol. The van der Waals surface area contributed by atoms with Crippen molar-refractivity contribution in [3.8, 4) is 11.1 Å². The van der Waals surface area contributed by atoms with E-state index in [2.05, 4.69) is 26.4 Å². The fourth-order valence-electron chi connectivity index (χ4n) is 4.09. The smallest absolute Gasteiger partial charge is 0.259 e. The Morgan fingerprint density at radius 2 is 2.06 bits per heavy atom. The molecule has 1 saturated carbocycles. The number of aromatic nitrogens is 5. The molecule has 1 aliphatic carbocycles. The molecule has 3 aromatic heterocycles. The van der Waals surface area contributed by atoms with Crippen molar-refractivity contribution < 1.29 is 0 Å². The van der Waals surface area contributed by atoms with Gasteiger partial charge in [-0.2, -0.15) is 5.10 Å². The standard InChI is InChI=1S/C23H23ClN6O/c1-13-10-25-23(24)28-21(13)27-14(2)19-9-15-5-4-6-18(16-11-26-29(3)12-16)20(15)22(31)30(19)17-7-8-17/h4-6,9-12,14,17H,7-8H2,1-3H3,(H,25,27,28)/t14-/m0/s1. The maximum absolute atomic E-state index is 13.8. The SMILES string of the molecule is Cc1cnc(Cl)nc1N[C@@H](C)c1cc2cccc(-c3cnn(C)c3)c2c(=O)n1C1CC1. The number of pyridine rings is 1. The second-order valence-electron chi connectivity index (χ2n) is 8.18. The Hall–Kier alpha value is -3.19. The first kappa shape index (κ1) is 19.8. The molecule has 158 valence electrons. The number of fused-ring (bicyclic) bond motifs is 1. The second kappa shape index (κ2) is 7.50. The van der Waals surface area contributed by atoms with Crippen LogP contribution in [0, 0.1) is 6.92 Å². The van der Waals surface area contributed by atoms with Crippen LogP contribution in [0.4, 0.5) is 5.82 Å². The molecule has 0 spiro atoms. The van der Waals surface area contributed by atoms with E-state index in [9.17, 15) is 4.79 Å². The van der Waals surface area contributed by atoms with Gasteiger partial charge in [0.2, 0.25) is 5.28 Å². The van der Waals surface area contributed by atoms with Crippen LogP contribution in [0.3, 0.4) is 0 Å². The highest BCUT2D eigenvalue weighted by Gasteiger charge is 2.30. The van der Waals surface area contributed by atoms with E-state index >= 15 is 0 Å². The van der Waals surface area contributed by atoms with E-state index in [1.165, 1.54) is 0 Å². The van der Waals surface area contributed by atoms with Crippen molar-refractivity contribution in [3.05, 3.63) is 69.8 Å². The minimum absolute atomic E-state index is 0.0422. The Balaban J connectivity index is 1.66. The number of benzene rings is 1. The van der Waals surface area contributed by atoms with Crippen LogP contribution in [-0.4, -0.2) is 24.3 Å². The van der Waals surface area contributed by atoms with Crippen LogP contribution in [-0.2, 0) is 7.05 Å². The van der Waals surface area contributed by atoms with Gasteiger partial charge in [-0.1, -0.05) is 18.2 Å². The zero-order chi connectivity index (χ0) is 21.7. The van der Waals surface area contributed by atoms with E-state index in [1.54, 1.807) is 17.1 Å². The Kier molecular flexibility index (Phi) is 4.78. The lowest BCUT2D eigenvalue weighted by molar-refractivity contribution is 0.635. The van der Waals surface area contributed by atoms with Gasteiger partial charge in [0.25, 0.3) is 5.56 Å². The van der Waals surface area contributed by atoms with Gasteiger partial charge in [0.15, 0.2) is 0 Å². The summed E-state index contributed by atoms with van der Waals surface area (Å²) in [7, 11) is 1.88. The van der Waals surface area contributed by atoms with E-state index in [0.29, 0.717) is 5.82 Å². The van der Waals surface area contributed by atoms with Crippen molar-refractivity contribution in [1.82, 2.24) is 24.3 Å². The van der Waals surface area contributed by atoms with Gasteiger partial charge in [0.05, 0.1) is 17.6 Å². The topological polar surface area (TPSA) is 77.6 Å². The largest absolute Gasteiger partial charge is 0.362 e. The molecule has 1 N–H and O–H groups in total. The summed E-state index contributed by atoms with van der Waals surface area (Å²) in [5.41, 5.74) is 3.74. The Morgan fingerprint density at radius 3 is 2.77 bits per heavy atom. The number of aryl methyl sites for hydroxylation is 2. The molecule has 7 nitrogen and oxygen atoms in total. The fourth-order valence-corrected chi connectivity index (χ4v) is 4.22. The minimum Gasteiger partial charge on any atom is -0.362 e. The molecular formula is C23H23ClN6O. The Bertz CT molecular complexity index is 1350. The van der Waals surface area contributed by atoms with E-state index < -0.39 is 0 Å². The summed E-state index contributed by atoms with van der Waals surface area (Å²) in [4.78, 5) is 22.1. The van der Waals surface area contributed by atoms with E-state index in [-0.39, 0.29) is 22.9 Å². The highest BCUT2D eigenvalue weighted by atomic mass is 35.5. The third kappa shape index (κ3) is 3.59. The molecule has 1 aromatic carbocycles. The first-order chi connectivity index (χ1) is 14.9. The summed E-state index contributed by atoms with van der Waals surface area (Å²) >= 11 is 5.99. The summed E-state index contributed by atoms with van der Waals surface area (Å²) < 4.78 is 3.71. The molecule has 0 saturated heterocycles. The summed E-state index contributed by atoms with van der Waals surface area (Å²) in [6, 6.07) is 8.19. The quantitative estimate of drug-likeness (QED) is 0.462. The van der Waals surface area contributed by atoms with Gasteiger partial charge >= 0.3 is 0 Å². The van der Waals surface area contributed by atoms with Crippen molar-refractivity contribution >= 4 is 28.2 Å². The Labute approximate surface area is 184 Å². The molecule has 8 heteroatoms. The van der Waals surface area contributed by atoms with Crippen LogP contribution < -0.4 is 10.9 Å². The molecule has 1 fully saturated rings. The van der Waals surface area contributed by atoms with Gasteiger partial charge in [0.1, 0.15) is 5.82 Å². The summed E-state index contributed by atoms with van der Waals surface area (Å²) in [6.07, 6.45) is 7.46. The molecule has 1 aliphatic rings. The van der Waals surface area contributed by atoms with Crippen LogP contribution in [0.25, 0.3) is 21.9 Å². The van der Waals surface area contributed by atoms with Crippen LogP contribution in [0.1, 0.15) is 43.1 Å². The second-order valence-corrected chi connectivity index (χ2v) is 8.52. The van der Waals surface area contributed by atoms with Gasteiger partial charge in [-0.05, 0) is 55.3 Å². The summed E-state index contributed by atoms with van der Waals surface area (Å²) in [6.45, 7) is 3.97. The molecule has 1 atom stereocenters. The average Bonchev–Trinajstić information content (AvgIpc) is 3.49. The van der Waals surface area contributed by atoms with Gasteiger partial charge in [0, 0.05) is 42.3 Å². The first-order valence-electron chi connectivity index (χ1n) is 10.3. The highest BCUT2D eigenvalue weighted by molar-refractivity contribution is 6.28. The van der Waals surface area contributed by atoms with Crippen molar-refractivity contribution in [1.29, 1.82) is 0 Å². The number of nitrogens with one attached hydrogen (secondary N) is 1. The van der Waals surface area contributed by atoms with E-state index in [4.69, 9.17) is 11.6 Å². The predicted octanol–water partition coefficient (Wildman–Crippen LogP) is 4.66. The molecule has 0 unspecified atom stereocenters. The number of nitrogens with zero attached hydrogens (tertiary/aromatic N) is 5. The normalized spacial score (nSPS) is 14.7. The highest BCUT2D eigenvalue weighted by Crippen LogP contribution is 2.38. The van der Waals surface area contributed by atoms with E-state index in [1.807, 2.05) is 49.9 Å². The molecule has 0 bridgehead atoms. The van der Waals surface area contributed by atoms with Crippen molar-refractivity contribution in [2.24, 2.45) is 7.05 Å². The van der Waals surface area contributed by atoms with Gasteiger partial charge < -0.3 is 9.88 Å². The lowest BCUT2D eigenvalue weighted by Gasteiger charge is -2.22. The maximum Gasteiger partial charge on any atom is 0.259 e. The van der Waals surface area contributed by atoms with Crippen LogP contribution in [0.5, 0.6) is 0 Å².